The van der Waals surface area contributed by atoms with Gasteiger partial charge in [-0.05, 0) is 27.2 Å². The third kappa shape index (κ3) is 10.4. The van der Waals surface area contributed by atoms with Crippen molar-refractivity contribution in [1.82, 2.24) is 10.2 Å². The highest BCUT2D eigenvalue weighted by Crippen LogP contribution is 2.06. The third-order valence-corrected chi connectivity index (χ3v) is 2.53. The monoisotopic (exact) mass is 272 g/mol. The molecular formula is C14H28N2O3. The molecule has 0 aliphatic heterocycles. The lowest BCUT2D eigenvalue weighted by molar-refractivity contribution is -0.128. The summed E-state index contributed by atoms with van der Waals surface area (Å²) in [5.74, 6) is 0.0436. The first kappa shape index (κ1) is 17.7. The molecule has 0 rings (SSSR count). The molecule has 19 heavy (non-hydrogen) atoms. The van der Waals surface area contributed by atoms with Crippen LogP contribution in [0.25, 0.3) is 0 Å². The second kappa shape index (κ2) is 8.77. The Balaban J connectivity index is 3.92. The van der Waals surface area contributed by atoms with E-state index < -0.39 is 11.7 Å². The van der Waals surface area contributed by atoms with Crippen LogP contribution in [0.2, 0.25) is 0 Å². The maximum atomic E-state index is 11.4. The summed E-state index contributed by atoms with van der Waals surface area (Å²) in [7, 11) is 0. The van der Waals surface area contributed by atoms with Crippen molar-refractivity contribution in [2.45, 2.75) is 59.5 Å². The van der Waals surface area contributed by atoms with E-state index in [1.54, 1.807) is 11.8 Å². The average Bonchev–Trinajstić information content (AvgIpc) is 2.24. The predicted molar refractivity (Wildman–Crippen MR) is 76.0 cm³/mol. The molecule has 0 aromatic rings. The van der Waals surface area contributed by atoms with E-state index in [1.807, 2.05) is 20.8 Å². The summed E-state index contributed by atoms with van der Waals surface area (Å²) in [6, 6.07) is 0. The van der Waals surface area contributed by atoms with Crippen molar-refractivity contribution in [2.24, 2.45) is 0 Å². The molecule has 0 aromatic heterocycles. The highest BCUT2D eigenvalue weighted by molar-refractivity contribution is 5.73. The Morgan fingerprint density at radius 3 is 2.26 bits per heavy atom. The first-order chi connectivity index (χ1) is 8.76. The zero-order valence-corrected chi connectivity index (χ0v) is 12.9. The van der Waals surface area contributed by atoms with E-state index in [0.717, 1.165) is 25.8 Å². The van der Waals surface area contributed by atoms with Gasteiger partial charge in [-0.3, -0.25) is 4.79 Å². The van der Waals surface area contributed by atoms with Crippen molar-refractivity contribution >= 4 is 12.0 Å². The fraction of sp³-hybridized carbons (Fsp3) is 0.857. The minimum Gasteiger partial charge on any atom is -0.444 e. The minimum absolute atomic E-state index is 0.0436. The standard InChI is InChI=1S/C14H28N2O3/c1-6-7-8-10-16(12(2)17)11-9-15-13(18)19-14(3,4)5/h6-11H2,1-5H3,(H,15,18). The van der Waals surface area contributed by atoms with Gasteiger partial charge in [0, 0.05) is 26.6 Å². The van der Waals surface area contributed by atoms with Gasteiger partial charge in [-0.2, -0.15) is 0 Å². The lowest BCUT2D eigenvalue weighted by Gasteiger charge is -2.23. The van der Waals surface area contributed by atoms with Gasteiger partial charge in [0.05, 0.1) is 0 Å². The fourth-order valence-corrected chi connectivity index (χ4v) is 1.59. The van der Waals surface area contributed by atoms with Crippen LogP contribution in [0.15, 0.2) is 0 Å². The Labute approximate surface area is 116 Å². The molecule has 0 spiro atoms. The van der Waals surface area contributed by atoms with Gasteiger partial charge in [-0.25, -0.2) is 4.79 Å². The smallest absolute Gasteiger partial charge is 0.407 e. The summed E-state index contributed by atoms with van der Waals surface area (Å²) >= 11 is 0. The van der Waals surface area contributed by atoms with Crippen LogP contribution in [0.5, 0.6) is 0 Å². The molecule has 0 atom stereocenters. The average molecular weight is 272 g/mol. The van der Waals surface area contributed by atoms with Crippen LogP contribution < -0.4 is 5.32 Å². The van der Waals surface area contributed by atoms with Crippen molar-refractivity contribution in [3.63, 3.8) is 0 Å². The van der Waals surface area contributed by atoms with Crippen molar-refractivity contribution in [2.75, 3.05) is 19.6 Å². The molecule has 112 valence electrons. The number of carbonyl (C=O) groups is 2. The Bertz CT molecular complexity index is 285. The topological polar surface area (TPSA) is 58.6 Å². The van der Waals surface area contributed by atoms with E-state index in [1.165, 1.54) is 0 Å². The molecule has 5 heteroatoms. The molecular weight excluding hydrogens is 244 g/mol. The van der Waals surface area contributed by atoms with Crippen LogP contribution in [-0.2, 0) is 9.53 Å². The molecule has 0 saturated heterocycles. The van der Waals surface area contributed by atoms with E-state index in [4.69, 9.17) is 4.74 Å². The molecule has 0 saturated carbocycles. The number of hydrogen-bond donors (Lipinski definition) is 1. The van der Waals surface area contributed by atoms with E-state index in [2.05, 4.69) is 12.2 Å². The number of nitrogens with zero attached hydrogens (tertiary/aromatic N) is 1. The highest BCUT2D eigenvalue weighted by atomic mass is 16.6. The number of nitrogens with one attached hydrogen (secondary N) is 1. The summed E-state index contributed by atoms with van der Waals surface area (Å²) < 4.78 is 5.13. The Kier molecular flexibility index (Phi) is 8.19. The first-order valence-electron chi connectivity index (χ1n) is 6.98. The summed E-state index contributed by atoms with van der Waals surface area (Å²) in [5, 5.41) is 2.66. The lowest BCUT2D eigenvalue weighted by atomic mass is 10.2. The van der Waals surface area contributed by atoms with Crippen molar-refractivity contribution in [3.05, 3.63) is 0 Å². The van der Waals surface area contributed by atoms with E-state index in [0.29, 0.717) is 13.1 Å². The summed E-state index contributed by atoms with van der Waals surface area (Å²) in [6.45, 7) is 10.8. The second-order valence-electron chi connectivity index (χ2n) is 5.64. The fourth-order valence-electron chi connectivity index (χ4n) is 1.59. The van der Waals surface area contributed by atoms with Gasteiger partial charge in [0.2, 0.25) is 5.91 Å². The third-order valence-electron chi connectivity index (χ3n) is 2.53. The number of amides is 2. The molecule has 0 unspecified atom stereocenters. The van der Waals surface area contributed by atoms with Gasteiger partial charge in [0.15, 0.2) is 0 Å². The Morgan fingerprint density at radius 2 is 1.79 bits per heavy atom. The predicted octanol–water partition coefficient (Wildman–Crippen LogP) is 2.55. The molecule has 0 heterocycles. The zero-order chi connectivity index (χ0) is 14.9. The van der Waals surface area contributed by atoms with Gasteiger partial charge in [-0.1, -0.05) is 19.8 Å². The Morgan fingerprint density at radius 1 is 1.16 bits per heavy atom. The number of unbranched alkanes of at least 4 members (excludes halogenated alkanes) is 2. The van der Waals surface area contributed by atoms with Gasteiger partial charge in [0.1, 0.15) is 5.60 Å². The second-order valence-corrected chi connectivity index (χ2v) is 5.64. The van der Waals surface area contributed by atoms with Crippen LogP contribution in [0, 0.1) is 0 Å². The first-order valence-corrected chi connectivity index (χ1v) is 6.98. The van der Waals surface area contributed by atoms with Crippen molar-refractivity contribution in [1.29, 1.82) is 0 Å². The quantitative estimate of drug-likeness (QED) is 0.725. The number of rotatable bonds is 7. The molecule has 0 fully saturated rings. The highest BCUT2D eigenvalue weighted by Gasteiger charge is 2.16. The lowest BCUT2D eigenvalue weighted by Crippen LogP contribution is -2.40. The van der Waals surface area contributed by atoms with E-state index in [-0.39, 0.29) is 5.91 Å². The van der Waals surface area contributed by atoms with Gasteiger partial charge >= 0.3 is 6.09 Å². The number of hydrogen-bond acceptors (Lipinski definition) is 3. The van der Waals surface area contributed by atoms with Gasteiger partial charge in [0.25, 0.3) is 0 Å². The van der Waals surface area contributed by atoms with E-state index in [9.17, 15) is 9.59 Å². The summed E-state index contributed by atoms with van der Waals surface area (Å²) in [4.78, 5) is 24.6. The van der Waals surface area contributed by atoms with Crippen LogP contribution >= 0.6 is 0 Å². The number of alkyl carbamates (subject to hydrolysis) is 1. The Hall–Kier alpha value is -1.26. The number of carbonyl (C=O) groups excluding carboxylic acids is 2. The van der Waals surface area contributed by atoms with E-state index >= 15 is 0 Å². The van der Waals surface area contributed by atoms with Crippen molar-refractivity contribution < 1.29 is 14.3 Å². The minimum atomic E-state index is -0.495. The van der Waals surface area contributed by atoms with Crippen molar-refractivity contribution in [3.8, 4) is 0 Å². The molecule has 5 nitrogen and oxygen atoms in total. The summed E-state index contributed by atoms with van der Waals surface area (Å²) in [5.41, 5.74) is -0.495. The van der Waals surface area contributed by atoms with Crippen LogP contribution in [0.3, 0.4) is 0 Å². The van der Waals surface area contributed by atoms with Crippen LogP contribution in [0.1, 0.15) is 53.9 Å². The molecule has 0 aliphatic carbocycles. The molecule has 0 aliphatic rings. The molecule has 1 N–H and O–H groups in total. The molecule has 2 amide bonds. The maximum Gasteiger partial charge on any atom is 0.407 e. The molecule has 0 aromatic carbocycles. The molecule has 0 bridgehead atoms. The SMILES string of the molecule is CCCCCN(CCNC(=O)OC(C)(C)C)C(C)=O. The maximum absolute atomic E-state index is 11.4. The van der Waals surface area contributed by atoms with Gasteiger partial charge in [-0.15, -0.1) is 0 Å². The number of ether oxygens (including phenoxy) is 1. The summed E-state index contributed by atoms with van der Waals surface area (Å²) in [6.07, 6.45) is 2.80. The zero-order valence-electron chi connectivity index (χ0n) is 12.9. The largest absolute Gasteiger partial charge is 0.444 e. The molecule has 0 radical (unpaired) electrons. The normalized spacial score (nSPS) is 11.0. The van der Waals surface area contributed by atoms with Gasteiger partial charge < -0.3 is 15.0 Å². The van der Waals surface area contributed by atoms with Crippen LogP contribution in [0.4, 0.5) is 4.79 Å². The van der Waals surface area contributed by atoms with Crippen LogP contribution in [-0.4, -0.2) is 42.1 Å².